The van der Waals surface area contributed by atoms with Crippen molar-refractivity contribution in [2.75, 3.05) is 29.0 Å². The number of ether oxygens (including phenoxy) is 1. The third-order valence-corrected chi connectivity index (χ3v) is 12.1. The van der Waals surface area contributed by atoms with Gasteiger partial charge >= 0.3 is 6.09 Å². The van der Waals surface area contributed by atoms with Crippen LogP contribution in [0.2, 0.25) is 18.1 Å². The van der Waals surface area contributed by atoms with E-state index in [0.717, 1.165) is 6.07 Å². The van der Waals surface area contributed by atoms with Crippen LogP contribution in [-0.2, 0) is 9.16 Å². The zero-order chi connectivity index (χ0) is 30.0. The van der Waals surface area contributed by atoms with Crippen LogP contribution in [0.5, 0.6) is 0 Å². The molecule has 0 spiro atoms. The van der Waals surface area contributed by atoms with Crippen molar-refractivity contribution < 1.29 is 23.1 Å². The smallest absolute Gasteiger partial charge is 0.415 e. The molecule has 40 heavy (non-hydrogen) atoms. The third kappa shape index (κ3) is 7.56. The Labute approximate surface area is 244 Å². The van der Waals surface area contributed by atoms with Gasteiger partial charge in [0.2, 0.25) is 0 Å². The van der Waals surface area contributed by atoms with E-state index in [1.165, 1.54) is 12.4 Å². The molecule has 0 unspecified atom stereocenters. The fourth-order valence-corrected chi connectivity index (χ4v) is 5.69. The summed E-state index contributed by atoms with van der Waals surface area (Å²) in [5.74, 6) is -1.37. The SMILES string of the molecule is CC(C)(C)OC(=O)N(c1ccncc1NC(=O)c1nc(Br)c(F)cc1N)[C@H]1CCNC[C@@H]1O[Si](C)(C)C(C)(C)C. The number of hydrogen-bond donors (Lipinski definition) is 3. The number of pyridine rings is 2. The first-order valence-corrected chi connectivity index (χ1v) is 16.9. The Hall–Kier alpha value is -2.61. The molecule has 2 aromatic heterocycles. The number of aromatic nitrogens is 2. The maximum Gasteiger partial charge on any atom is 0.415 e. The van der Waals surface area contributed by atoms with Crippen molar-refractivity contribution in [1.29, 1.82) is 0 Å². The first-order chi connectivity index (χ1) is 18.4. The van der Waals surface area contributed by atoms with Gasteiger partial charge in [-0.3, -0.25) is 14.7 Å². The summed E-state index contributed by atoms with van der Waals surface area (Å²) in [4.78, 5) is 36.7. The Morgan fingerprint density at radius 1 is 1.25 bits per heavy atom. The van der Waals surface area contributed by atoms with Crippen molar-refractivity contribution >= 4 is 53.3 Å². The molecule has 13 heteroatoms. The molecule has 1 fully saturated rings. The van der Waals surface area contributed by atoms with Gasteiger partial charge in [-0.1, -0.05) is 20.8 Å². The van der Waals surface area contributed by atoms with Crippen molar-refractivity contribution in [1.82, 2.24) is 15.3 Å². The first kappa shape index (κ1) is 31.9. The molecule has 2 atom stereocenters. The van der Waals surface area contributed by atoms with E-state index in [1.54, 1.807) is 31.7 Å². The number of hydrogen-bond acceptors (Lipinski definition) is 8. The number of piperidine rings is 1. The van der Waals surface area contributed by atoms with Gasteiger partial charge in [0.25, 0.3) is 5.91 Å². The van der Waals surface area contributed by atoms with Crippen LogP contribution in [0.1, 0.15) is 58.5 Å². The number of rotatable bonds is 6. The maximum atomic E-state index is 13.9. The molecular formula is C27H40BrFN6O4Si. The topological polar surface area (TPSA) is 132 Å². The standard InChI is InChI=1S/C27H40BrFN6O4Si/c1-26(2,3)38-25(37)35(20-10-12-32-15-21(20)39-40(7,8)27(4,5)6)19-9-11-31-14-18(19)33-24(36)22-17(30)13-16(29)23(28)34-22/h9,11,13-14,20-21,32H,10,12,15,30H2,1-8H3,(H,33,36)/t20-,21-/m0/s1. The van der Waals surface area contributed by atoms with Gasteiger partial charge in [0, 0.05) is 18.8 Å². The van der Waals surface area contributed by atoms with Crippen molar-refractivity contribution in [2.45, 2.75) is 83.8 Å². The number of amides is 2. The lowest BCUT2D eigenvalue weighted by atomic mass is 10.0. The number of halogens is 2. The summed E-state index contributed by atoms with van der Waals surface area (Å²) in [6.45, 7) is 17.5. The lowest BCUT2D eigenvalue weighted by Crippen LogP contribution is -2.60. The number of nitrogens with one attached hydrogen (secondary N) is 2. The lowest BCUT2D eigenvalue weighted by Gasteiger charge is -2.46. The predicted octanol–water partition coefficient (Wildman–Crippen LogP) is 5.71. The van der Waals surface area contributed by atoms with Gasteiger partial charge < -0.3 is 25.5 Å². The Morgan fingerprint density at radius 3 is 2.55 bits per heavy atom. The first-order valence-electron chi connectivity index (χ1n) is 13.2. The lowest BCUT2D eigenvalue weighted by molar-refractivity contribution is 0.0495. The third-order valence-electron chi connectivity index (χ3n) is 7.05. The van der Waals surface area contributed by atoms with Crippen molar-refractivity contribution in [3.05, 3.63) is 40.6 Å². The normalized spacial score (nSPS) is 18.2. The van der Waals surface area contributed by atoms with Gasteiger partial charge in [-0.05, 0) is 73.9 Å². The van der Waals surface area contributed by atoms with Crippen LogP contribution < -0.4 is 21.3 Å². The van der Waals surface area contributed by atoms with Gasteiger partial charge in [-0.2, -0.15) is 0 Å². The van der Waals surface area contributed by atoms with Crippen LogP contribution in [0.15, 0.2) is 29.1 Å². The summed E-state index contributed by atoms with van der Waals surface area (Å²) < 4.78 is 26.4. The van der Waals surface area contributed by atoms with Gasteiger partial charge in [0.05, 0.1) is 35.4 Å². The number of nitrogen functional groups attached to an aromatic ring is 1. The van der Waals surface area contributed by atoms with Crippen LogP contribution in [0.3, 0.4) is 0 Å². The highest BCUT2D eigenvalue weighted by molar-refractivity contribution is 9.10. The molecule has 220 valence electrons. The molecule has 3 heterocycles. The summed E-state index contributed by atoms with van der Waals surface area (Å²) >= 11 is 2.99. The Bertz CT molecular complexity index is 1250. The molecule has 2 aromatic rings. The Morgan fingerprint density at radius 2 is 1.93 bits per heavy atom. The maximum absolute atomic E-state index is 13.9. The second kappa shape index (κ2) is 12.1. The van der Waals surface area contributed by atoms with Crippen molar-refractivity contribution in [3.63, 3.8) is 0 Å². The zero-order valence-electron chi connectivity index (χ0n) is 24.4. The number of nitrogens with zero attached hydrogens (tertiary/aromatic N) is 3. The molecule has 10 nitrogen and oxygen atoms in total. The largest absolute Gasteiger partial charge is 0.443 e. The highest BCUT2D eigenvalue weighted by Gasteiger charge is 2.44. The van der Waals surface area contributed by atoms with E-state index in [9.17, 15) is 14.0 Å². The molecule has 1 aliphatic heterocycles. The number of carbonyl (C=O) groups is 2. The average Bonchev–Trinajstić information content (AvgIpc) is 2.81. The summed E-state index contributed by atoms with van der Waals surface area (Å²) in [5, 5.41) is 6.11. The number of carbonyl (C=O) groups excluding carboxylic acids is 2. The molecule has 1 saturated heterocycles. The van der Waals surface area contributed by atoms with Crippen LogP contribution in [0, 0.1) is 5.82 Å². The van der Waals surface area contributed by atoms with Crippen LogP contribution in [0.4, 0.5) is 26.2 Å². The molecule has 0 aliphatic carbocycles. The highest BCUT2D eigenvalue weighted by atomic mass is 79.9. The molecule has 0 bridgehead atoms. The minimum absolute atomic E-state index is 0.0437. The fourth-order valence-electron chi connectivity index (χ4n) is 4.05. The Balaban J connectivity index is 2.07. The quantitative estimate of drug-likeness (QED) is 0.271. The monoisotopic (exact) mass is 638 g/mol. The van der Waals surface area contributed by atoms with Crippen LogP contribution >= 0.6 is 15.9 Å². The van der Waals surface area contributed by atoms with Crippen molar-refractivity contribution in [2.24, 2.45) is 0 Å². The highest BCUT2D eigenvalue weighted by Crippen LogP contribution is 2.39. The molecule has 3 rings (SSSR count). The molecule has 0 aromatic carbocycles. The van der Waals surface area contributed by atoms with E-state index < -0.39 is 37.8 Å². The second-order valence-electron chi connectivity index (χ2n) is 12.4. The molecular weight excluding hydrogens is 599 g/mol. The van der Waals surface area contributed by atoms with Gasteiger partial charge in [0.1, 0.15) is 10.2 Å². The molecule has 0 radical (unpaired) electrons. The summed E-state index contributed by atoms with van der Waals surface area (Å²) in [7, 11) is -2.22. The molecule has 4 N–H and O–H groups in total. The fraction of sp³-hybridized carbons (Fsp3) is 0.556. The van der Waals surface area contributed by atoms with E-state index in [1.807, 2.05) is 0 Å². The summed E-state index contributed by atoms with van der Waals surface area (Å²) in [5.41, 5.74) is 5.43. The zero-order valence-corrected chi connectivity index (χ0v) is 27.0. The van der Waals surface area contributed by atoms with Gasteiger partial charge in [0.15, 0.2) is 19.8 Å². The van der Waals surface area contributed by atoms with E-state index >= 15 is 0 Å². The number of nitrogens with two attached hydrogens (primary N) is 1. The minimum Gasteiger partial charge on any atom is -0.443 e. The second-order valence-corrected chi connectivity index (χ2v) is 17.9. The predicted molar refractivity (Wildman–Crippen MR) is 161 cm³/mol. The van der Waals surface area contributed by atoms with E-state index in [4.69, 9.17) is 14.9 Å². The molecule has 2 amide bonds. The molecule has 0 saturated carbocycles. The van der Waals surface area contributed by atoms with E-state index in [0.29, 0.717) is 25.2 Å². The van der Waals surface area contributed by atoms with Crippen LogP contribution in [-0.4, -0.2) is 61.1 Å². The van der Waals surface area contributed by atoms with Crippen molar-refractivity contribution in [3.8, 4) is 0 Å². The number of anilines is 3. The van der Waals surface area contributed by atoms with Crippen LogP contribution in [0.25, 0.3) is 0 Å². The summed E-state index contributed by atoms with van der Waals surface area (Å²) in [6, 6.07) is 2.26. The van der Waals surface area contributed by atoms with E-state index in [2.05, 4.69) is 70.4 Å². The molecule has 1 aliphatic rings. The Kier molecular flexibility index (Phi) is 9.65. The average molecular weight is 640 g/mol. The summed E-state index contributed by atoms with van der Waals surface area (Å²) in [6.07, 6.45) is 2.66. The van der Waals surface area contributed by atoms with E-state index in [-0.39, 0.29) is 32.8 Å². The van der Waals surface area contributed by atoms with Gasteiger partial charge in [-0.25, -0.2) is 14.2 Å². The minimum atomic E-state index is -2.22. The van der Waals surface area contributed by atoms with Gasteiger partial charge in [-0.15, -0.1) is 0 Å².